The van der Waals surface area contributed by atoms with Crippen molar-refractivity contribution < 1.29 is 18.4 Å². The molecular weight excluding hydrogens is 446 g/mol. The Labute approximate surface area is 190 Å². The Bertz CT molecular complexity index is 1070. The molecular formula is C21H20BCl2F2N3O2. The lowest BCUT2D eigenvalue weighted by Gasteiger charge is -2.47. The summed E-state index contributed by atoms with van der Waals surface area (Å²) in [6.07, 6.45) is 0.0664. The Morgan fingerprint density at radius 3 is 2.48 bits per heavy atom. The van der Waals surface area contributed by atoms with Gasteiger partial charge in [0.25, 0.3) is 0 Å². The molecule has 0 unspecified atom stereocenters. The highest BCUT2D eigenvalue weighted by molar-refractivity contribution is 6.63. The number of fused-ring (bicyclic) bond motifs is 1. The summed E-state index contributed by atoms with van der Waals surface area (Å²) in [6.45, 7) is 2.73. The van der Waals surface area contributed by atoms with E-state index in [-0.39, 0.29) is 37.3 Å². The predicted octanol–water partition coefficient (Wildman–Crippen LogP) is 4.72. The van der Waals surface area contributed by atoms with Gasteiger partial charge in [-0.15, -0.1) is 0 Å². The van der Waals surface area contributed by atoms with Crippen molar-refractivity contribution in [2.45, 2.75) is 51.6 Å². The fourth-order valence-corrected chi connectivity index (χ4v) is 4.91. The minimum absolute atomic E-state index is 0.0682. The Kier molecular flexibility index (Phi) is 5.67. The molecule has 1 amide bonds. The van der Waals surface area contributed by atoms with Gasteiger partial charge in [-0.1, -0.05) is 36.2 Å². The van der Waals surface area contributed by atoms with Gasteiger partial charge in [0, 0.05) is 31.4 Å². The smallest absolute Gasteiger partial charge is 0.249 e. The molecule has 4 rings (SSSR count). The summed E-state index contributed by atoms with van der Waals surface area (Å²) < 4.78 is 28.6. The van der Waals surface area contributed by atoms with E-state index in [2.05, 4.69) is 5.10 Å². The fourth-order valence-electron chi connectivity index (χ4n) is 4.61. The topological polar surface area (TPSA) is 55.2 Å². The zero-order valence-electron chi connectivity index (χ0n) is 16.9. The van der Waals surface area contributed by atoms with Crippen LogP contribution in [0.5, 0.6) is 0 Å². The Morgan fingerprint density at radius 1 is 1.19 bits per heavy atom. The van der Waals surface area contributed by atoms with Crippen LogP contribution in [0.2, 0.25) is 10.0 Å². The van der Waals surface area contributed by atoms with Crippen molar-refractivity contribution in [3.8, 4) is 11.3 Å². The van der Waals surface area contributed by atoms with Crippen LogP contribution in [0, 0.1) is 5.41 Å². The van der Waals surface area contributed by atoms with E-state index in [4.69, 9.17) is 31.0 Å². The van der Waals surface area contributed by atoms with Crippen LogP contribution < -0.4 is 0 Å². The van der Waals surface area contributed by atoms with E-state index in [1.807, 2.05) is 6.92 Å². The summed E-state index contributed by atoms with van der Waals surface area (Å²) in [5, 5.41) is 5.21. The van der Waals surface area contributed by atoms with Gasteiger partial charge in [0.05, 0.1) is 34.4 Å². The highest BCUT2D eigenvalue weighted by Crippen LogP contribution is 2.56. The highest BCUT2D eigenvalue weighted by atomic mass is 35.5. The molecule has 1 aliphatic carbocycles. The molecule has 10 heteroatoms. The van der Waals surface area contributed by atoms with Crippen molar-refractivity contribution in [1.82, 2.24) is 14.7 Å². The average Bonchev–Trinajstić information content (AvgIpc) is 3.07. The van der Waals surface area contributed by atoms with E-state index in [0.717, 1.165) is 0 Å². The van der Waals surface area contributed by atoms with Crippen LogP contribution in [0.3, 0.4) is 0 Å². The fraction of sp³-hybridized carbons (Fsp3) is 0.476. The zero-order chi connectivity index (χ0) is 22.6. The van der Waals surface area contributed by atoms with Crippen LogP contribution in [0.25, 0.3) is 11.3 Å². The Hall–Kier alpha value is -1.93. The molecule has 1 aliphatic heterocycles. The lowest BCUT2D eigenvalue weighted by Crippen LogP contribution is -2.49. The SMILES string of the molecule is [B]C(=O)c1c(-c2ccc(Cl)c(Cl)c2)nn2c1CN(C(=O)CC1(CC)CC(F)(F)C1)CC2. The van der Waals surface area contributed by atoms with Crippen molar-refractivity contribution in [2.75, 3.05) is 6.54 Å². The number of aromatic nitrogens is 2. The van der Waals surface area contributed by atoms with Crippen molar-refractivity contribution in [3.63, 3.8) is 0 Å². The molecule has 0 atom stereocenters. The number of carbonyl (C=O) groups is 2. The molecule has 1 aromatic heterocycles. The van der Waals surface area contributed by atoms with E-state index in [0.29, 0.717) is 46.5 Å². The Morgan fingerprint density at radius 2 is 1.90 bits per heavy atom. The number of rotatable bonds is 5. The number of amides is 1. The summed E-state index contributed by atoms with van der Waals surface area (Å²) in [4.78, 5) is 26.8. The van der Waals surface area contributed by atoms with E-state index < -0.39 is 17.0 Å². The number of nitrogens with zero attached hydrogens (tertiary/aromatic N) is 3. The summed E-state index contributed by atoms with van der Waals surface area (Å²) in [5.41, 5.74) is 0.383. The third kappa shape index (κ3) is 4.12. The molecule has 31 heavy (non-hydrogen) atoms. The number of carbonyl (C=O) groups excluding carboxylic acids is 2. The van der Waals surface area contributed by atoms with Gasteiger partial charge >= 0.3 is 0 Å². The first kappa shape index (κ1) is 22.3. The molecule has 0 spiro atoms. The van der Waals surface area contributed by atoms with E-state index >= 15 is 0 Å². The molecule has 0 bridgehead atoms. The van der Waals surface area contributed by atoms with E-state index in [9.17, 15) is 18.4 Å². The van der Waals surface area contributed by atoms with Gasteiger partial charge in [-0.3, -0.25) is 9.48 Å². The van der Waals surface area contributed by atoms with Gasteiger partial charge in [-0.05, 0) is 24.0 Å². The lowest BCUT2D eigenvalue weighted by molar-refractivity contribution is -0.173. The normalized spacial score (nSPS) is 18.9. The molecule has 162 valence electrons. The maximum atomic E-state index is 13.5. The van der Waals surface area contributed by atoms with E-state index in [1.54, 1.807) is 27.8 Å². The average molecular weight is 466 g/mol. The molecule has 5 nitrogen and oxygen atoms in total. The molecule has 1 aromatic carbocycles. The quantitative estimate of drug-likeness (QED) is 0.600. The number of hydrogen-bond donors (Lipinski definition) is 0. The van der Waals surface area contributed by atoms with Crippen LogP contribution in [0.1, 0.15) is 48.7 Å². The summed E-state index contributed by atoms with van der Waals surface area (Å²) >= 11 is 12.1. The van der Waals surface area contributed by atoms with Crippen LogP contribution in [0.4, 0.5) is 8.78 Å². The number of hydrogen-bond acceptors (Lipinski definition) is 3. The third-order valence-corrected chi connectivity index (χ3v) is 7.05. The second kappa shape index (κ2) is 7.89. The van der Waals surface area contributed by atoms with Gasteiger partial charge in [0.1, 0.15) is 11.4 Å². The minimum atomic E-state index is -2.69. The third-order valence-electron chi connectivity index (χ3n) is 6.32. The second-order valence-corrected chi connectivity index (χ2v) is 9.26. The maximum Gasteiger partial charge on any atom is 0.249 e. The van der Waals surface area contributed by atoms with Gasteiger partial charge in [0.2, 0.25) is 11.8 Å². The predicted molar refractivity (Wildman–Crippen MR) is 115 cm³/mol. The van der Waals surface area contributed by atoms with E-state index in [1.165, 1.54) is 0 Å². The molecule has 1 saturated carbocycles. The number of alkyl halides is 2. The molecule has 0 N–H and O–H groups in total. The Balaban J connectivity index is 1.60. The number of benzene rings is 1. The van der Waals surface area contributed by atoms with Gasteiger partial charge < -0.3 is 9.69 Å². The van der Waals surface area contributed by atoms with Gasteiger partial charge in [-0.25, -0.2) is 8.78 Å². The summed E-state index contributed by atoms with van der Waals surface area (Å²) in [7, 11) is 5.66. The van der Waals surface area contributed by atoms with Crippen LogP contribution in [-0.4, -0.2) is 46.6 Å². The second-order valence-electron chi connectivity index (χ2n) is 8.44. The standard InChI is InChI=1S/C21H20BCl2F2N3O2/c1-2-20(10-21(25,26)11-20)8-16(30)28-5-6-29-15(9-28)17(19(22)31)18(27-29)12-3-4-13(23)14(24)7-12/h3-4,7H,2,5-6,8-11H2,1H3. The largest absolute Gasteiger partial charge is 0.335 e. The first-order chi connectivity index (χ1) is 14.5. The summed E-state index contributed by atoms with van der Waals surface area (Å²) in [5.74, 6) is -2.89. The van der Waals surface area contributed by atoms with Crippen molar-refractivity contribution in [2.24, 2.45) is 5.41 Å². The lowest BCUT2D eigenvalue weighted by atomic mass is 9.62. The van der Waals surface area contributed by atoms with Crippen LogP contribution >= 0.6 is 23.2 Å². The molecule has 2 heterocycles. The van der Waals surface area contributed by atoms with Gasteiger partial charge in [0.15, 0.2) is 7.85 Å². The van der Waals surface area contributed by atoms with Crippen LogP contribution in [0.15, 0.2) is 18.2 Å². The van der Waals surface area contributed by atoms with Crippen molar-refractivity contribution >= 4 is 42.6 Å². The molecule has 0 saturated heterocycles. The molecule has 2 aliphatic rings. The molecule has 1 fully saturated rings. The zero-order valence-corrected chi connectivity index (χ0v) is 18.4. The van der Waals surface area contributed by atoms with Crippen molar-refractivity contribution in [3.05, 3.63) is 39.5 Å². The molecule has 2 aromatic rings. The van der Waals surface area contributed by atoms with Crippen LogP contribution in [-0.2, 0) is 17.9 Å². The van der Waals surface area contributed by atoms with Gasteiger partial charge in [-0.2, -0.15) is 5.10 Å². The first-order valence-corrected chi connectivity index (χ1v) is 10.8. The minimum Gasteiger partial charge on any atom is -0.335 e. The van der Waals surface area contributed by atoms with Crippen molar-refractivity contribution in [1.29, 1.82) is 0 Å². The summed E-state index contributed by atoms with van der Waals surface area (Å²) in [6, 6.07) is 4.91. The maximum absolute atomic E-state index is 13.5. The monoisotopic (exact) mass is 465 g/mol. The molecule has 2 radical (unpaired) electrons. The first-order valence-electron chi connectivity index (χ1n) is 10.0. The number of halogens is 4. The highest BCUT2D eigenvalue weighted by Gasteiger charge is 2.56.